The molecule has 2 heterocycles. The van der Waals surface area contributed by atoms with E-state index < -0.39 is 0 Å². The van der Waals surface area contributed by atoms with Gasteiger partial charge in [0.25, 0.3) is 5.91 Å². The zero-order valence-electron chi connectivity index (χ0n) is 17.9. The van der Waals surface area contributed by atoms with Gasteiger partial charge in [-0.1, -0.05) is 23.7 Å². The van der Waals surface area contributed by atoms with Crippen molar-refractivity contribution in [1.82, 2.24) is 20.4 Å². The van der Waals surface area contributed by atoms with Gasteiger partial charge < -0.3 is 15.1 Å². The number of benzene rings is 2. The van der Waals surface area contributed by atoms with Crippen molar-refractivity contribution >= 4 is 23.2 Å². The van der Waals surface area contributed by atoms with Crippen molar-refractivity contribution < 1.29 is 4.79 Å². The van der Waals surface area contributed by atoms with Gasteiger partial charge in [-0.3, -0.25) is 9.89 Å². The molecule has 162 valence electrons. The first kappa shape index (κ1) is 21.4. The summed E-state index contributed by atoms with van der Waals surface area (Å²) in [4.78, 5) is 16.1. The third kappa shape index (κ3) is 5.09. The number of carbonyl (C=O) groups is 1. The van der Waals surface area contributed by atoms with Crippen molar-refractivity contribution in [3.05, 3.63) is 70.9 Å². The molecule has 1 aromatic heterocycles. The van der Waals surface area contributed by atoms with Crippen LogP contribution in [0.15, 0.2) is 54.7 Å². The zero-order chi connectivity index (χ0) is 21.8. The number of aromatic nitrogens is 2. The summed E-state index contributed by atoms with van der Waals surface area (Å²) >= 11 is 6.01. The molecular formula is C24H28ClN5O. The molecule has 2 aromatic carbocycles. The number of hydrogen-bond acceptors (Lipinski definition) is 4. The number of hydrogen-bond donors (Lipinski definition) is 2. The lowest BCUT2D eigenvalue weighted by Gasteiger charge is -2.34. The van der Waals surface area contributed by atoms with E-state index in [1.165, 1.54) is 5.69 Å². The molecule has 7 heteroatoms. The molecule has 0 unspecified atom stereocenters. The fraction of sp³-hybridized carbons (Fsp3) is 0.333. The van der Waals surface area contributed by atoms with Crippen molar-refractivity contribution in [3.8, 4) is 11.3 Å². The summed E-state index contributed by atoms with van der Waals surface area (Å²) in [5.74, 6) is 0.0340. The molecule has 1 fully saturated rings. The summed E-state index contributed by atoms with van der Waals surface area (Å²) in [5.41, 5.74) is 5.18. The second-order valence-corrected chi connectivity index (χ2v) is 8.60. The molecule has 0 atom stereocenters. The summed E-state index contributed by atoms with van der Waals surface area (Å²) in [7, 11) is 3.55. The number of aromatic amines is 1. The maximum atomic E-state index is 12.1. The summed E-state index contributed by atoms with van der Waals surface area (Å²) in [6, 6.07) is 16.2. The number of halogens is 1. The van der Waals surface area contributed by atoms with Gasteiger partial charge in [0.1, 0.15) is 0 Å². The van der Waals surface area contributed by atoms with E-state index in [-0.39, 0.29) is 5.91 Å². The Balaban J connectivity index is 1.30. The van der Waals surface area contributed by atoms with Crippen molar-refractivity contribution in [3.63, 3.8) is 0 Å². The van der Waals surface area contributed by atoms with Gasteiger partial charge in [-0.15, -0.1) is 0 Å². The zero-order valence-corrected chi connectivity index (χ0v) is 18.7. The summed E-state index contributed by atoms with van der Waals surface area (Å²) in [6.07, 6.45) is 4.04. The molecule has 1 amide bonds. The van der Waals surface area contributed by atoms with Gasteiger partial charge in [-0.2, -0.15) is 5.10 Å². The topological polar surface area (TPSA) is 64.3 Å². The Hall–Kier alpha value is -2.83. The van der Waals surface area contributed by atoms with Crippen LogP contribution in [0.4, 0.5) is 5.69 Å². The van der Waals surface area contributed by atoms with Crippen LogP contribution in [0, 0.1) is 0 Å². The van der Waals surface area contributed by atoms with E-state index in [1.54, 1.807) is 19.0 Å². The molecule has 2 N–H and O–H groups in total. The highest BCUT2D eigenvalue weighted by molar-refractivity contribution is 6.30. The first-order chi connectivity index (χ1) is 15.0. The lowest BCUT2D eigenvalue weighted by atomic mass is 10.0. The predicted octanol–water partition coefficient (Wildman–Crippen LogP) is 4.19. The minimum Gasteiger partial charge on any atom is -0.371 e. The van der Waals surface area contributed by atoms with E-state index in [4.69, 9.17) is 11.6 Å². The Bertz CT molecular complexity index is 1010. The SMILES string of the molecule is CN(C)C(=O)c1ccc(N2CCC(NCc3cn[nH]c3-c3ccc(Cl)cc3)CC2)cc1. The van der Waals surface area contributed by atoms with Gasteiger partial charge in [0, 0.05) is 61.6 Å². The molecule has 0 aliphatic carbocycles. The third-order valence-electron chi connectivity index (χ3n) is 5.81. The maximum absolute atomic E-state index is 12.1. The van der Waals surface area contributed by atoms with Gasteiger partial charge in [-0.05, 0) is 54.8 Å². The number of nitrogens with one attached hydrogen (secondary N) is 2. The van der Waals surface area contributed by atoms with Crippen LogP contribution < -0.4 is 10.2 Å². The van der Waals surface area contributed by atoms with Gasteiger partial charge in [-0.25, -0.2) is 0 Å². The van der Waals surface area contributed by atoms with Crippen LogP contribution in [0.5, 0.6) is 0 Å². The Labute approximate surface area is 188 Å². The number of carbonyl (C=O) groups excluding carboxylic acids is 1. The summed E-state index contributed by atoms with van der Waals surface area (Å²) in [6.45, 7) is 2.77. The quantitative estimate of drug-likeness (QED) is 0.607. The normalized spacial score (nSPS) is 14.6. The maximum Gasteiger partial charge on any atom is 0.253 e. The standard InChI is InChI=1S/C24H28ClN5O/c1-29(2)24(31)18-5-9-22(10-6-18)30-13-11-21(12-14-30)26-15-19-16-27-28-23(19)17-3-7-20(25)8-4-17/h3-10,16,21,26H,11-15H2,1-2H3,(H,27,28). The fourth-order valence-corrected chi connectivity index (χ4v) is 4.11. The smallest absolute Gasteiger partial charge is 0.253 e. The highest BCUT2D eigenvalue weighted by Gasteiger charge is 2.20. The molecular weight excluding hydrogens is 410 g/mol. The van der Waals surface area contributed by atoms with Crippen LogP contribution in [0.25, 0.3) is 11.3 Å². The van der Waals surface area contributed by atoms with Crippen molar-refractivity contribution in [1.29, 1.82) is 0 Å². The number of rotatable bonds is 6. The average molecular weight is 438 g/mol. The molecule has 4 rings (SSSR count). The first-order valence-corrected chi connectivity index (χ1v) is 11.0. The summed E-state index contributed by atoms with van der Waals surface area (Å²) in [5, 5.41) is 11.8. The number of amides is 1. The van der Waals surface area contributed by atoms with E-state index >= 15 is 0 Å². The lowest BCUT2D eigenvalue weighted by molar-refractivity contribution is 0.0827. The van der Waals surface area contributed by atoms with E-state index in [0.29, 0.717) is 6.04 Å². The highest BCUT2D eigenvalue weighted by atomic mass is 35.5. The fourth-order valence-electron chi connectivity index (χ4n) is 3.98. The van der Waals surface area contributed by atoms with E-state index in [0.717, 1.165) is 59.9 Å². The number of piperidine rings is 1. The third-order valence-corrected chi connectivity index (χ3v) is 6.06. The number of anilines is 1. The van der Waals surface area contributed by atoms with Crippen molar-refractivity contribution in [2.45, 2.75) is 25.4 Å². The Morgan fingerprint density at radius 1 is 1.13 bits per heavy atom. The number of nitrogens with zero attached hydrogens (tertiary/aromatic N) is 3. The first-order valence-electron chi connectivity index (χ1n) is 10.6. The van der Waals surface area contributed by atoms with Crippen LogP contribution in [0.2, 0.25) is 5.02 Å². The second-order valence-electron chi connectivity index (χ2n) is 8.17. The molecule has 1 aliphatic rings. The van der Waals surface area contributed by atoms with Crippen molar-refractivity contribution in [2.24, 2.45) is 0 Å². The Kier molecular flexibility index (Phi) is 6.59. The van der Waals surface area contributed by atoms with Crippen molar-refractivity contribution in [2.75, 3.05) is 32.1 Å². The molecule has 0 spiro atoms. The Morgan fingerprint density at radius 3 is 2.45 bits per heavy atom. The molecule has 1 saturated heterocycles. The Morgan fingerprint density at radius 2 is 1.81 bits per heavy atom. The van der Waals surface area contributed by atoms with Gasteiger partial charge in [0.15, 0.2) is 0 Å². The largest absolute Gasteiger partial charge is 0.371 e. The van der Waals surface area contributed by atoms with E-state index in [2.05, 4.69) is 20.4 Å². The molecule has 0 bridgehead atoms. The molecule has 6 nitrogen and oxygen atoms in total. The molecule has 1 aliphatic heterocycles. The molecule has 3 aromatic rings. The minimum atomic E-state index is 0.0340. The van der Waals surface area contributed by atoms with Gasteiger partial charge >= 0.3 is 0 Å². The summed E-state index contributed by atoms with van der Waals surface area (Å²) < 4.78 is 0. The second kappa shape index (κ2) is 9.54. The van der Waals surface area contributed by atoms with E-state index in [1.807, 2.05) is 54.7 Å². The molecule has 31 heavy (non-hydrogen) atoms. The predicted molar refractivity (Wildman–Crippen MR) is 126 cm³/mol. The molecule has 0 saturated carbocycles. The average Bonchev–Trinajstić information content (AvgIpc) is 3.27. The van der Waals surface area contributed by atoms with Gasteiger partial charge in [0.2, 0.25) is 0 Å². The van der Waals surface area contributed by atoms with Crippen LogP contribution in [0.1, 0.15) is 28.8 Å². The van der Waals surface area contributed by atoms with Crippen LogP contribution in [-0.2, 0) is 6.54 Å². The van der Waals surface area contributed by atoms with Gasteiger partial charge in [0.05, 0.1) is 11.9 Å². The van der Waals surface area contributed by atoms with E-state index in [9.17, 15) is 4.79 Å². The lowest BCUT2D eigenvalue weighted by Crippen LogP contribution is -2.42. The van der Waals surface area contributed by atoms with Crippen LogP contribution in [0.3, 0.4) is 0 Å². The highest BCUT2D eigenvalue weighted by Crippen LogP contribution is 2.24. The molecule has 0 radical (unpaired) electrons. The van der Waals surface area contributed by atoms with Crippen LogP contribution in [-0.4, -0.2) is 54.2 Å². The monoisotopic (exact) mass is 437 g/mol. The van der Waals surface area contributed by atoms with Crippen LogP contribution >= 0.6 is 11.6 Å². The minimum absolute atomic E-state index is 0.0340. The number of H-pyrrole nitrogens is 1.